The van der Waals surface area contributed by atoms with Gasteiger partial charge in [0.1, 0.15) is 12.6 Å². The number of likely N-dealkylation sites (N-methyl/N-ethyl adjacent to an activating group) is 1. The molecule has 0 aliphatic heterocycles. The molecule has 0 heterocycles. The molecule has 0 saturated carbocycles. The van der Waals surface area contributed by atoms with E-state index in [0.29, 0.717) is 13.0 Å². The molecule has 0 rings (SSSR count). The molecule has 21 heavy (non-hydrogen) atoms. The molecule has 1 unspecified atom stereocenters. The average molecular weight is 301 g/mol. The zero-order valence-electron chi connectivity index (χ0n) is 13.5. The van der Waals surface area contributed by atoms with E-state index in [4.69, 9.17) is 5.11 Å². The van der Waals surface area contributed by atoms with E-state index in [1.165, 1.54) is 4.90 Å². The lowest BCUT2D eigenvalue weighted by Gasteiger charge is -2.24. The predicted octanol–water partition coefficient (Wildman–Crippen LogP) is 1.04. The highest BCUT2D eigenvalue weighted by atomic mass is 16.4. The van der Waals surface area contributed by atoms with Crippen LogP contribution in [0, 0.1) is 5.92 Å². The first kappa shape index (κ1) is 19.2. The molecule has 3 N–H and O–H groups in total. The van der Waals surface area contributed by atoms with Crippen molar-refractivity contribution in [1.82, 2.24) is 15.5 Å². The van der Waals surface area contributed by atoms with Crippen LogP contribution in [0.2, 0.25) is 0 Å². The molecule has 0 fully saturated rings. The monoisotopic (exact) mass is 301 g/mol. The molecule has 1 atom stereocenters. The van der Waals surface area contributed by atoms with E-state index in [1.807, 2.05) is 27.7 Å². The number of nitrogens with zero attached hydrogens (tertiary/aromatic N) is 1. The van der Waals surface area contributed by atoms with Crippen molar-refractivity contribution >= 4 is 17.9 Å². The van der Waals surface area contributed by atoms with Gasteiger partial charge in [-0.2, -0.15) is 0 Å². The zero-order chi connectivity index (χ0) is 16.6. The Morgan fingerprint density at radius 1 is 1.10 bits per heavy atom. The fraction of sp³-hybridized carbons (Fsp3) is 0.786. The molecule has 0 aliphatic carbocycles. The Kier molecular flexibility index (Phi) is 8.42. The van der Waals surface area contributed by atoms with Gasteiger partial charge in [0.2, 0.25) is 5.91 Å². The van der Waals surface area contributed by atoms with Crippen molar-refractivity contribution in [2.45, 2.75) is 53.1 Å². The summed E-state index contributed by atoms with van der Waals surface area (Å²) in [6, 6.07) is -1.49. The second kappa shape index (κ2) is 9.20. The van der Waals surface area contributed by atoms with Gasteiger partial charge < -0.3 is 20.6 Å². The van der Waals surface area contributed by atoms with Crippen LogP contribution in [0.1, 0.15) is 41.0 Å². The lowest BCUT2D eigenvalue weighted by Crippen LogP contribution is -2.51. The number of carboxylic acids is 1. The number of rotatable bonds is 8. The molecule has 0 aromatic rings. The number of carbonyl (C=O) groups excluding carboxylic acids is 2. The minimum absolute atomic E-state index is 0.00743. The normalized spacial score (nSPS) is 12.1. The minimum Gasteiger partial charge on any atom is -0.480 e. The van der Waals surface area contributed by atoms with Gasteiger partial charge in [-0.1, -0.05) is 13.8 Å². The van der Waals surface area contributed by atoms with Crippen LogP contribution in [-0.2, 0) is 9.59 Å². The van der Waals surface area contributed by atoms with Crippen LogP contribution in [0.5, 0.6) is 0 Å². The van der Waals surface area contributed by atoms with Crippen LogP contribution >= 0.6 is 0 Å². The largest absolute Gasteiger partial charge is 0.480 e. The van der Waals surface area contributed by atoms with Crippen LogP contribution in [0.4, 0.5) is 4.79 Å². The van der Waals surface area contributed by atoms with Gasteiger partial charge in [-0.3, -0.25) is 4.79 Å². The van der Waals surface area contributed by atoms with Crippen molar-refractivity contribution in [1.29, 1.82) is 0 Å². The van der Waals surface area contributed by atoms with Crippen LogP contribution in [0.3, 0.4) is 0 Å². The summed E-state index contributed by atoms with van der Waals surface area (Å²) in [4.78, 5) is 36.2. The Morgan fingerprint density at radius 3 is 2.05 bits per heavy atom. The summed E-state index contributed by atoms with van der Waals surface area (Å²) in [7, 11) is 0. The molecule has 0 aromatic heterocycles. The molecule has 0 saturated heterocycles. The topological polar surface area (TPSA) is 98.7 Å². The van der Waals surface area contributed by atoms with Crippen molar-refractivity contribution in [3.63, 3.8) is 0 Å². The summed E-state index contributed by atoms with van der Waals surface area (Å²) < 4.78 is 0. The lowest BCUT2D eigenvalue weighted by molar-refractivity contribution is -0.139. The number of hydrogen-bond donors (Lipinski definition) is 3. The summed E-state index contributed by atoms with van der Waals surface area (Å²) in [6.07, 6.45) is 0.344. The SMILES string of the molecule is CCN(CC(=O)NC(C)C)C(=O)NC(CC(C)C)C(=O)O. The van der Waals surface area contributed by atoms with Crippen molar-refractivity contribution in [2.75, 3.05) is 13.1 Å². The summed E-state index contributed by atoms with van der Waals surface area (Å²) in [5.41, 5.74) is 0. The Balaban J connectivity index is 4.62. The first-order valence-corrected chi connectivity index (χ1v) is 7.24. The van der Waals surface area contributed by atoms with Gasteiger partial charge in [0.05, 0.1) is 0 Å². The van der Waals surface area contributed by atoms with Crippen molar-refractivity contribution in [3.05, 3.63) is 0 Å². The van der Waals surface area contributed by atoms with Gasteiger partial charge in [0.15, 0.2) is 0 Å². The summed E-state index contributed by atoms with van der Waals surface area (Å²) >= 11 is 0. The van der Waals surface area contributed by atoms with E-state index in [-0.39, 0.29) is 24.4 Å². The molecule has 3 amide bonds. The molecule has 0 aliphatic rings. The third-order valence-electron chi connectivity index (χ3n) is 2.76. The van der Waals surface area contributed by atoms with Gasteiger partial charge in [-0.05, 0) is 33.1 Å². The summed E-state index contributed by atoms with van der Waals surface area (Å²) in [5.74, 6) is -1.19. The molecule has 0 aromatic carbocycles. The van der Waals surface area contributed by atoms with E-state index in [0.717, 1.165) is 0 Å². The van der Waals surface area contributed by atoms with Gasteiger partial charge in [0, 0.05) is 12.6 Å². The number of carboxylic acid groups (broad SMARTS) is 1. The molecule has 0 spiro atoms. The second-order valence-electron chi connectivity index (χ2n) is 5.71. The number of aliphatic carboxylic acids is 1. The lowest BCUT2D eigenvalue weighted by atomic mass is 10.0. The smallest absolute Gasteiger partial charge is 0.326 e. The van der Waals surface area contributed by atoms with E-state index >= 15 is 0 Å². The van der Waals surface area contributed by atoms with Crippen molar-refractivity contribution in [3.8, 4) is 0 Å². The first-order valence-electron chi connectivity index (χ1n) is 7.24. The molecule has 0 bridgehead atoms. The molecular formula is C14H27N3O4. The zero-order valence-corrected chi connectivity index (χ0v) is 13.5. The standard InChI is InChI=1S/C14H27N3O4/c1-6-17(8-12(18)15-10(4)5)14(21)16-11(13(19)20)7-9(2)3/h9-11H,6-8H2,1-5H3,(H,15,18)(H,16,21)(H,19,20). The molecule has 7 nitrogen and oxygen atoms in total. The maximum Gasteiger partial charge on any atom is 0.326 e. The van der Waals surface area contributed by atoms with E-state index in [1.54, 1.807) is 6.92 Å². The number of hydrogen-bond acceptors (Lipinski definition) is 3. The Bertz CT molecular complexity index is 369. The van der Waals surface area contributed by atoms with Crippen LogP contribution < -0.4 is 10.6 Å². The second-order valence-corrected chi connectivity index (χ2v) is 5.71. The number of amides is 3. The van der Waals surface area contributed by atoms with Gasteiger partial charge >= 0.3 is 12.0 Å². The fourth-order valence-corrected chi connectivity index (χ4v) is 1.80. The first-order chi connectivity index (χ1) is 9.67. The molecule has 0 radical (unpaired) electrons. The van der Waals surface area contributed by atoms with E-state index in [9.17, 15) is 14.4 Å². The van der Waals surface area contributed by atoms with Crippen LogP contribution in [0.25, 0.3) is 0 Å². The third kappa shape index (κ3) is 8.16. The van der Waals surface area contributed by atoms with Crippen LogP contribution in [0.15, 0.2) is 0 Å². The maximum atomic E-state index is 12.1. The van der Waals surface area contributed by atoms with Gasteiger partial charge in [-0.25, -0.2) is 9.59 Å². The van der Waals surface area contributed by atoms with Crippen molar-refractivity contribution < 1.29 is 19.5 Å². The third-order valence-corrected chi connectivity index (χ3v) is 2.76. The molecular weight excluding hydrogens is 274 g/mol. The van der Waals surface area contributed by atoms with E-state index in [2.05, 4.69) is 10.6 Å². The Hall–Kier alpha value is -1.79. The molecule has 122 valence electrons. The van der Waals surface area contributed by atoms with E-state index < -0.39 is 18.0 Å². The average Bonchev–Trinajstić information content (AvgIpc) is 2.33. The molecule has 7 heteroatoms. The van der Waals surface area contributed by atoms with Gasteiger partial charge in [-0.15, -0.1) is 0 Å². The number of nitrogens with one attached hydrogen (secondary N) is 2. The van der Waals surface area contributed by atoms with Gasteiger partial charge in [0.25, 0.3) is 0 Å². The quantitative estimate of drug-likeness (QED) is 0.624. The Labute approximate surface area is 126 Å². The number of carbonyl (C=O) groups is 3. The number of urea groups is 1. The summed E-state index contributed by atoms with van der Waals surface area (Å²) in [6.45, 7) is 9.40. The van der Waals surface area contributed by atoms with Crippen LogP contribution in [-0.4, -0.2) is 53.1 Å². The highest BCUT2D eigenvalue weighted by Gasteiger charge is 2.24. The predicted molar refractivity (Wildman–Crippen MR) is 79.9 cm³/mol. The maximum absolute atomic E-state index is 12.1. The summed E-state index contributed by atoms with van der Waals surface area (Å²) in [5, 5.41) is 14.3. The fourth-order valence-electron chi connectivity index (χ4n) is 1.80. The Morgan fingerprint density at radius 2 is 1.67 bits per heavy atom. The highest BCUT2D eigenvalue weighted by molar-refractivity contribution is 5.86. The van der Waals surface area contributed by atoms with Crippen molar-refractivity contribution in [2.24, 2.45) is 5.92 Å². The minimum atomic E-state index is -1.07. The highest BCUT2D eigenvalue weighted by Crippen LogP contribution is 2.05.